The van der Waals surface area contributed by atoms with E-state index in [0.717, 1.165) is 5.56 Å². The number of hydrogen-bond donors (Lipinski definition) is 1. The molecular formula is C22H29N7O2. The summed E-state index contributed by atoms with van der Waals surface area (Å²) >= 11 is 0. The summed E-state index contributed by atoms with van der Waals surface area (Å²) in [4.78, 5) is 26.7. The summed E-state index contributed by atoms with van der Waals surface area (Å²) in [5.41, 5.74) is 1.04. The predicted octanol–water partition coefficient (Wildman–Crippen LogP) is 3.08. The lowest BCUT2D eigenvalue weighted by molar-refractivity contribution is 0.0143. The Balaban J connectivity index is 1.62. The summed E-state index contributed by atoms with van der Waals surface area (Å²) in [6, 6.07) is 9.68. The number of nitrogens with zero attached hydrogens (tertiary/aromatic N) is 6. The third kappa shape index (κ3) is 6.08. The molecule has 0 bridgehead atoms. The van der Waals surface area contributed by atoms with Crippen molar-refractivity contribution in [1.29, 1.82) is 0 Å². The van der Waals surface area contributed by atoms with Gasteiger partial charge in [0.1, 0.15) is 5.60 Å². The van der Waals surface area contributed by atoms with E-state index in [1.165, 1.54) is 5.12 Å². The summed E-state index contributed by atoms with van der Waals surface area (Å²) in [6.45, 7) is 10.3. The van der Waals surface area contributed by atoms with Crippen LogP contribution in [0.2, 0.25) is 0 Å². The first-order chi connectivity index (χ1) is 14.8. The number of piperidine rings is 1. The first-order valence-electron chi connectivity index (χ1n) is 10.2. The number of hydrogen-bond acceptors (Lipinski definition) is 7. The van der Waals surface area contributed by atoms with Crippen LogP contribution >= 0.6 is 0 Å². The zero-order valence-electron chi connectivity index (χ0n) is 18.2. The number of ether oxygens (including phenoxy) is 1. The van der Waals surface area contributed by atoms with Gasteiger partial charge < -0.3 is 9.64 Å². The van der Waals surface area contributed by atoms with Gasteiger partial charge in [-0.2, -0.15) is 0 Å². The van der Waals surface area contributed by atoms with Gasteiger partial charge in [0, 0.05) is 31.0 Å². The maximum atomic E-state index is 12.2. The Kier molecular flexibility index (Phi) is 6.96. The van der Waals surface area contributed by atoms with Crippen LogP contribution in [0.5, 0.6) is 0 Å². The first kappa shape index (κ1) is 22.4. The average molecular weight is 424 g/mol. The molecule has 1 saturated heterocycles. The van der Waals surface area contributed by atoms with Crippen LogP contribution in [0.4, 0.5) is 4.79 Å². The molecule has 9 nitrogen and oxygen atoms in total. The predicted molar refractivity (Wildman–Crippen MR) is 120 cm³/mol. The number of carbonyl (C=O) groups excluding carboxylic acids is 1. The number of likely N-dealkylation sites (tertiary alicyclic amines) is 1. The molecule has 2 heterocycles. The molecule has 1 amide bonds. The highest BCUT2D eigenvalue weighted by molar-refractivity contribution is 6.00. The molecule has 0 atom stereocenters. The molecule has 2 N–H and O–H groups in total. The van der Waals surface area contributed by atoms with Gasteiger partial charge in [-0.3, -0.25) is 0 Å². The van der Waals surface area contributed by atoms with E-state index >= 15 is 0 Å². The minimum Gasteiger partial charge on any atom is -0.444 e. The van der Waals surface area contributed by atoms with Crippen molar-refractivity contribution in [1.82, 2.24) is 20.0 Å². The first-order valence-corrected chi connectivity index (χ1v) is 10.2. The molecule has 0 aliphatic carbocycles. The fourth-order valence-corrected chi connectivity index (χ4v) is 3.19. The third-order valence-electron chi connectivity index (χ3n) is 4.79. The minimum atomic E-state index is -0.513. The molecule has 3 rings (SSSR count). The SMILES string of the molecule is C=N/C(=N\N(N)C1CCN(C(=O)OC(C)(C)C)CC1)c1cnc(-c2ccccc2)nc1. The molecule has 1 fully saturated rings. The Morgan fingerprint density at radius 1 is 1.19 bits per heavy atom. The van der Waals surface area contributed by atoms with Gasteiger partial charge >= 0.3 is 6.09 Å². The molecule has 0 unspecified atom stereocenters. The average Bonchev–Trinajstić information content (AvgIpc) is 2.77. The van der Waals surface area contributed by atoms with Crippen molar-refractivity contribution in [2.75, 3.05) is 13.1 Å². The molecule has 9 heteroatoms. The van der Waals surface area contributed by atoms with Crippen molar-refractivity contribution in [3.63, 3.8) is 0 Å². The fourth-order valence-electron chi connectivity index (χ4n) is 3.19. The van der Waals surface area contributed by atoms with Gasteiger partial charge in [-0.25, -0.2) is 30.7 Å². The highest BCUT2D eigenvalue weighted by atomic mass is 16.6. The van der Waals surface area contributed by atoms with Gasteiger partial charge in [0.05, 0.1) is 11.6 Å². The number of hydrazone groups is 1. The van der Waals surface area contributed by atoms with Crippen molar-refractivity contribution in [2.45, 2.75) is 45.3 Å². The molecule has 2 aromatic rings. The lowest BCUT2D eigenvalue weighted by atomic mass is 10.1. The minimum absolute atomic E-state index is 0.0278. The summed E-state index contributed by atoms with van der Waals surface area (Å²) in [5, 5.41) is 5.79. The van der Waals surface area contributed by atoms with E-state index in [4.69, 9.17) is 10.6 Å². The van der Waals surface area contributed by atoms with Crippen LogP contribution in [0.15, 0.2) is 52.8 Å². The van der Waals surface area contributed by atoms with Gasteiger partial charge in [-0.1, -0.05) is 30.3 Å². The molecule has 1 aliphatic rings. The summed E-state index contributed by atoms with van der Waals surface area (Å²) < 4.78 is 5.43. The highest BCUT2D eigenvalue weighted by Crippen LogP contribution is 2.19. The van der Waals surface area contributed by atoms with Crippen LogP contribution < -0.4 is 5.84 Å². The third-order valence-corrected chi connectivity index (χ3v) is 4.79. The summed E-state index contributed by atoms with van der Waals surface area (Å²) in [7, 11) is 0. The molecular weight excluding hydrogens is 394 g/mol. The zero-order chi connectivity index (χ0) is 22.4. The molecule has 164 valence electrons. The maximum absolute atomic E-state index is 12.2. The van der Waals surface area contributed by atoms with Gasteiger partial charge in [0.15, 0.2) is 11.7 Å². The molecule has 1 aromatic heterocycles. The molecule has 0 saturated carbocycles. The fraction of sp³-hybridized carbons (Fsp3) is 0.409. The van der Waals surface area contributed by atoms with Gasteiger partial charge in [-0.05, 0) is 40.3 Å². The monoisotopic (exact) mass is 423 g/mol. The number of aromatic nitrogens is 2. The van der Waals surface area contributed by atoms with Gasteiger partial charge in [0.25, 0.3) is 0 Å². The lowest BCUT2D eigenvalue weighted by Gasteiger charge is -2.35. The number of amidine groups is 1. The normalized spacial score (nSPS) is 15.5. The van der Waals surface area contributed by atoms with Gasteiger partial charge in [-0.15, -0.1) is 5.10 Å². The smallest absolute Gasteiger partial charge is 0.410 e. The number of nitrogens with two attached hydrogens (primary N) is 1. The highest BCUT2D eigenvalue weighted by Gasteiger charge is 2.28. The van der Waals surface area contributed by atoms with Crippen LogP contribution in [0.1, 0.15) is 39.2 Å². The van der Waals surface area contributed by atoms with E-state index in [1.807, 2.05) is 51.1 Å². The maximum Gasteiger partial charge on any atom is 0.410 e. The second-order valence-corrected chi connectivity index (χ2v) is 8.32. The Bertz CT molecular complexity index is 915. The number of benzene rings is 1. The Hall–Kier alpha value is -3.33. The van der Waals surface area contributed by atoms with E-state index in [-0.39, 0.29) is 12.1 Å². The van der Waals surface area contributed by atoms with Crippen LogP contribution in [0, 0.1) is 0 Å². The van der Waals surface area contributed by atoms with Crippen molar-refractivity contribution in [2.24, 2.45) is 15.9 Å². The van der Waals surface area contributed by atoms with Crippen molar-refractivity contribution < 1.29 is 9.53 Å². The largest absolute Gasteiger partial charge is 0.444 e. The van der Waals surface area contributed by atoms with E-state index in [2.05, 4.69) is 26.8 Å². The Morgan fingerprint density at radius 3 is 2.35 bits per heavy atom. The molecule has 0 radical (unpaired) electrons. The summed E-state index contributed by atoms with van der Waals surface area (Å²) in [6.07, 6.45) is 4.35. The number of rotatable bonds is 4. The lowest BCUT2D eigenvalue weighted by Crippen LogP contribution is -2.48. The number of amides is 1. The van der Waals surface area contributed by atoms with E-state index in [1.54, 1.807) is 17.3 Å². The standard InChI is InChI=1S/C22H29N7O2/c1-22(2,3)31-21(30)28-12-10-18(11-13-28)29(23)27-19(24-4)17-14-25-20(26-15-17)16-8-6-5-7-9-16/h5-9,14-15,18H,4,10-13,23H2,1-3H3/b27-19-. The van der Waals surface area contributed by atoms with Crippen LogP contribution in [-0.2, 0) is 4.74 Å². The second-order valence-electron chi connectivity index (χ2n) is 8.32. The topological polar surface area (TPSA) is 109 Å². The molecule has 1 aliphatic heterocycles. The van der Waals surface area contributed by atoms with Crippen molar-refractivity contribution >= 4 is 18.6 Å². The zero-order valence-corrected chi connectivity index (χ0v) is 18.2. The van der Waals surface area contributed by atoms with Crippen LogP contribution in [0.3, 0.4) is 0 Å². The molecule has 1 aromatic carbocycles. The molecule has 0 spiro atoms. The van der Waals surface area contributed by atoms with E-state index in [9.17, 15) is 4.79 Å². The quantitative estimate of drug-likeness (QED) is 0.350. The van der Waals surface area contributed by atoms with Gasteiger partial charge in [0.2, 0.25) is 0 Å². The van der Waals surface area contributed by atoms with Crippen LogP contribution in [0.25, 0.3) is 11.4 Å². The van der Waals surface area contributed by atoms with E-state index < -0.39 is 5.60 Å². The summed E-state index contributed by atoms with van der Waals surface area (Å²) in [5.74, 6) is 7.15. The van der Waals surface area contributed by atoms with Crippen molar-refractivity contribution in [3.05, 3.63) is 48.3 Å². The number of carbonyl (C=O) groups is 1. The van der Waals surface area contributed by atoms with Crippen molar-refractivity contribution in [3.8, 4) is 11.4 Å². The number of hydrazine groups is 1. The molecule has 31 heavy (non-hydrogen) atoms. The Labute approximate surface area is 182 Å². The Morgan fingerprint density at radius 2 is 1.81 bits per heavy atom. The number of aliphatic imine (C=N–C) groups is 1. The van der Waals surface area contributed by atoms with E-state index in [0.29, 0.717) is 43.2 Å². The second kappa shape index (κ2) is 9.65. The van der Waals surface area contributed by atoms with Crippen LogP contribution in [-0.4, -0.2) is 63.4 Å².